The van der Waals surface area contributed by atoms with Crippen molar-refractivity contribution in [2.75, 3.05) is 13.1 Å². The lowest BCUT2D eigenvalue weighted by atomic mass is 9.80. The Morgan fingerprint density at radius 1 is 1.15 bits per heavy atom. The van der Waals surface area contributed by atoms with Gasteiger partial charge in [-0.15, -0.1) is 0 Å². The van der Waals surface area contributed by atoms with Crippen molar-refractivity contribution in [3.8, 4) is 0 Å². The molecule has 3 nitrogen and oxygen atoms in total. The van der Waals surface area contributed by atoms with E-state index in [-0.39, 0.29) is 5.54 Å². The molecule has 1 saturated carbocycles. The molecule has 0 aromatic rings. The quantitative estimate of drug-likeness (QED) is 0.857. The van der Waals surface area contributed by atoms with E-state index in [1.54, 1.807) is 0 Å². The van der Waals surface area contributed by atoms with Gasteiger partial charge in [-0.3, -0.25) is 4.79 Å². The van der Waals surface area contributed by atoms with Gasteiger partial charge in [-0.2, -0.15) is 0 Å². The second-order valence-electron chi connectivity index (χ2n) is 7.07. The molecular weight excluding hydrogens is 248 g/mol. The average Bonchev–Trinajstić information content (AvgIpc) is 2.65. The maximum atomic E-state index is 12.5. The van der Waals surface area contributed by atoms with E-state index in [0.29, 0.717) is 12.3 Å². The summed E-state index contributed by atoms with van der Waals surface area (Å²) in [5.74, 6) is 1.14. The van der Waals surface area contributed by atoms with E-state index < -0.39 is 0 Å². The molecule has 1 saturated heterocycles. The summed E-state index contributed by atoms with van der Waals surface area (Å²) in [6.45, 7) is 4.17. The molecule has 2 rings (SSSR count). The highest BCUT2D eigenvalue weighted by Gasteiger charge is 2.32. The fourth-order valence-electron chi connectivity index (χ4n) is 3.96. The number of likely N-dealkylation sites (tertiary alicyclic amines) is 1. The lowest BCUT2D eigenvalue weighted by Gasteiger charge is -2.34. The first-order chi connectivity index (χ1) is 9.63. The Morgan fingerprint density at radius 2 is 1.90 bits per heavy atom. The Morgan fingerprint density at radius 3 is 2.60 bits per heavy atom. The molecule has 2 fully saturated rings. The second kappa shape index (κ2) is 7.44. The normalized spacial score (nSPS) is 27.1. The van der Waals surface area contributed by atoms with Gasteiger partial charge in [-0.05, 0) is 38.0 Å². The zero-order chi connectivity index (χ0) is 14.4. The van der Waals surface area contributed by atoms with E-state index in [9.17, 15) is 4.79 Å². The van der Waals surface area contributed by atoms with E-state index >= 15 is 0 Å². The third-order valence-electron chi connectivity index (χ3n) is 5.25. The summed E-state index contributed by atoms with van der Waals surface area (Å²) >= 11 is 0. The van der Waals surface area contributed by atoms with Gasteiger partial charge in [-0.1, -0.05) is 39.0 Å². The van der Waals surface area contributed by atoms with Crippen LogP contribution >= 0.6 is 0 Å². The van der Waals surface area contributed by atoms with Crippen LogP contribution in [-0.2, 0) is 4.79 Å². The van der Waals surface area contributed by atoms with E-state index in [1.807, 2.05) is 0 Å². The lowest BCUT2D eigenvalue weighted by molar-refractivity contribution is -0.132. The first-order valence-corrected chi connectivity index (χ1v) is 8.69. The number of nitrogens with two attached hydrogens (primary N) is 1. The molecule has 20 heavy (non-hydrogen) atoms. The van der Waals surface area contributed by atoms with Crippen LogP contribution in [0.25, 0.3) is 0 Å². The van der Waals surface area contributed by atoms with Crippen molar-refractivity contribution in [2.45, 2.75) is 83.1 Å². The molecule has 2 aliphatic rings. The summed E-state index contributed by atoms with van der Waals surface area (Å²) in [7, 11) is 0. The van der Waals surface area contributed by atoms with Crippen LogP contribution < -0.4 is 5.73 Å². The molecule has 2 N–H and O–H groups in total. The van der Waals surface area contributed by atoms with Crippen molar-refractivity contribution < 1.29 is 4.79 Å². The SMILES string of the molecule is CCCC1CCCN(C(=O)CC2(N)CCCCC2)CC1. The fraction of sp³-hybridized carbons (Fsp3) is 0.941. The molecule has 0 aromatic heterocycles. The highest BCUT2D eigenvalue weighted by Crippen LogP contribution is 2.30. The zero-order valence-corrected chi connectivity index (χ0v) is 13.2. The Balaban J connectivity index is 1.82. The van der Waals surface area contributed by atoms with Crippen LogP contribution in [0.2, 0.25) is 0 Å². The zero-order valence-electron chi connectivity index (χ0n) is 13.2. The Hall–Kier alpha value is -0.570. The minimum atomic E-state index is -0.204. The van der Waals surface area contributed by atoms with Crippen LogP contribution in [0.4, 0.5) is 0 Å². The van der Waals surface area contributed by atoms with Crippen molar-refractivity contribution in [3.05, 3.63) is 0 Å². The summed E-state index contributed by atoms with van der Waals surface area (Å²) in [5.41, 5.74) is 6.23. The third-order valence-corrected chi connectivity index (χ3v) is 5.25. The molecule has 1 atom stereocenters. The molecule has 116 valence electrons. The van der Waals surface area contributed by atoms with E-state index in [4.69, 9.17) is 5.73 Å². The van der Waals surface area contributed by atoms with Crippen LogP contribution in [0.3, 0.4) is 0 Å². The number of rotatable bonds is 4. The predicted octanol–water partition coefficient (Wildman–Crippen LogP) is 3.47. The van der Waals surface area contributed by atoms with Crippen LogP contribution in [0.5, 0.6) is 0 Å². The van der Waals surface area contributed by atoms with Gasteiger partial charge in [-0.25, -0.2) is 0 Å². The van der Waals surface area contributed by atoms with Crippen LogP contribution in [-0.4, -0.2) is 29.4 Å². The van der Waals surface area contributed by atoms with Crippen molar-refractivity contribution in [3.63, 3.8) is 0 Å². The van der Waals surface area contributed by atoms with Crippen LogP contribution in [0.1, 0.15) is 77.6 Å². The summed E-state index contributed by atoms with van der Waals surface area (Å²) in [5, 5.41) is 0. The smallest absolute Gasteiger partial charge is 0.224 e. The van der Waals surface area contributed by atoms with Gasteiger partial charge in [0, 0.05) is 25.0 Å². The van der Waals surface area contributed by atoms with Gasteiger partial charge >= 0.3 is 0 Å². The Kier molecular flexibility index (Phi) is 5.88. The van der Waals surface area contributed by atoms with Crippen LogP contribution in [0, 0.1) is 5.92 Å². The molecule has 0 spiro atoms. The maximum Gasteiger partial charge on any atom is 0.224 e. The highest BCUT2D eigenvalue weighted by molar-refractivity contribution is 5.77. The molecule has 0 aromatic carbocycles. The third kappa shape index (κ3) is 4.47. The maximum absolute atomic E-state index is 12.5. The largest absolute Gasteiger partial charge is 0.343 e. The molecular formula is C17H32N2O. The average molecular weight is 280 g/mol. The molecule has 0 radical (unpaired) electrons. The van der Waals surface area contributed by atoms with Gasteiger partial charge < -0.3 is 10.6 Å². The first kappa shape index (κ1) is 15.8. The Bertz CT molecular complexity index is 310. The number of hydrogen-bond acceptors (Lipinski definition) is 2. The van der Waals surface area contributed by atoms with Gasteiger partial charge in [0.25, 0.3) is 0 Å². The van der Waals surface area contributed by atoms with Gasteiger partial charge in [0.2, 0.25) is 5.91 Å². The number of nitrogens with zero attached hydrogens (tertiary/aromatic N) is 1. The van der Waals surface area contributed by atoms with Crippen molar-refractivity contribution >= 4 is 5.91 Å². The minimum absolute atomic E-state index is 0.204. The molecule has 1 aliphatic heterocycles. The van der Waals surface area contributed by atoms with Crippen molar-refractivity contribution in [1.29, 1.82) is 0 Å². The number of carbonyl (C=O) groups excluding carboxylic acids is 1. The lowest BCUT2D eigenvalue weighted by Crippen LogP contribution is -2.47. The number of carbonyl (C=O) groups is 1. The molecule has 3 heteroatoms. The standard InChI is InChI=1S/C17H32N2O/c1-2-7-15-8-6-12-19(13-9-15)16(20)14-17(18)10-4-3-5-11-17/h15H,2-14,18H2,1H3. The fourth-order valence-corrected chi connectivity index (χ4v) is 3.96. The highest BCUT2D eigenvalue weighted by atomic mass is 16.2. The first-order valence-electron chi connectivity index (χ1n) is 8.69. The van der Waals surface area contributed by atoms with E-state index in [1.165, 1.54) is 51.4 Å². The molecule has 0 bridgehead atoms. The van der Waals surface area contributed by atoms with Gasteiger partial charge in [0.15, 0.2) is 0 Å². The van der Waals surface area contributed by atoms with Crippen LogP contribution in [0.15, 0.2) is 0 Å². The number of hydrogen-bond donors (Lipinski definition) is 1. The monoisotopic (exact) mass is 280 g/mol. The van der Waals surface area contributed by atoms with Crippen molar-refractivity contribution in [2.24, 2.45) is 11.7 Å². The molecule has 1 aliphatic carbocycles. The predicted molar refractivity (Wildman–Crippen MR) is 83.4 cm³/mol. The van der Waals surface area contributed by atoms with E-state index in [0.717, 1.165) is 31.8 Å². The van der Waals surface area contributed by atoms with Gasteiger partial charge in [0.05, 0.1) is 0 Å². The topological polar surface area (TPSA) is 46.3 Å². The Labute approximate surface area is 124 Å². The molecule has 1 unspecified atom stereocenters. The van der Waals surface area contributed by atoms with Gasteiger partial charge in [0.1, 0.15) is 0 Å². The number of amides is 1. The molecule has 1 amide bonds. The van der Waals surface area contributed by atoms with E-state index in [2.05, 4.69) is 11.8 Å². The summed E-state index contributed by atoms with van der Waals surface area (Å²) < 4.78 is 0. The van der Waals surface area contributed by atoms with Crippen molar-refractivity contribution in [1.82, 2.24) is 4.90 Å². The summed E-state index contributed by atoms with van der Waals surface area (Å²) in [4.78, 5) is 14.6. The second-order valence-corrected chi connectivity index (χ2v) is 7.07. The minimum Gasteiger partial charge on any atom is -0.343 e. The molecule has 1 heterocycles. The summed E-state index contributed by atoms with van der Waals surface area (Å²) in [6.07, 6.45) is 12.6. The summed E-state index contributed by atoms with van der Waals surface area (Å²) in [6, 6.07) is 0.